The average Bonchev–Trinajstić information content (AvgIpc) is 3.44. The minimum Gasteiger partial charge on any atom is -0.461 e. The van der Waals surface area contributed by atoms with Crippen molar-refractivity contribution in [2.45, 2.75) is 18.6 Å². The van der Waals surface area contributed by atoms with E-state index in [0.29, 0.717) is 34.7 Å². The van der Waals surface area contributed by atoms with Gasteiger partial charge in [0.2, 0.25) is 17.6 Å². The van der Waals surface area contributed by atoms with E-state index in [2.05, 4.69) is 20.8 Å². The zero-order valence-corrected chi connectivity index (χ0v) is 18.1. The molecule has 0 aliphatic rings. The maximum absolute atomic E-state index is 12.5. The molecule has 0 aliphatic carbocycles. The lowest BCUT2D eigenvalue weighted by molar-refractivity contribution is -0.114. The number of nitrogens with zero attached hydrogens (tertiary/aromatic N) is 3. The highest BCUT2D eigenvalue weighted by Gasteiger charge is 2.18. The van der Waals surface area contributed by atoms with Crippen LogP contribution in [-0.4, -0.2) is 32.3 Å². The minimum atomic E-state index is -0.170. The number of carbonyl (C=O) groups is 2. The molecule has 0 aliphatic heterocycles. The normalized spacial score (nSPS) is 10.7. The zero-order valence-electron chi connectivity index (χ0n) is 17.3. The first-order valence-electron chi connectivity index (χ1n) is 9.90. The van der Waals surface area contributed by atoms with Crippen LogP contribution in [0.4, 0.5) is 11.4 Å². The summed E-state index contributed by atoms with van der Waals surface area (Å²) in [6.45, 7) is 2.00. The van der Waals surface area contributed by atoms with E-state index >= 15 is 0 Å². The van der Waals surface area contributed by atoms with Gasteiger partial charge < -0.3 is 15.1 Å². The molecule has 32 heavy (non-hydrogen) atoms. The molecular formula is C23H21N5O3S. The molecule has 2 aromatic heterocycles. The van der Waals surface area contributed by atoms with E-state index < -0.39 is 0 Å². The second-order valence-corrected chi connectivity index (χ2v) is 7.89. The summed E-state index contributed by atoms with van der Waals surface area (Å²) in [4.78, 5) is 23.6. The van der Waals surface area contributed by atoms with Crippen LogP contribution in [0.25, 0.3) is 11.6 Å². The Kier molecular flexibility index (Phi) is 6.66. The SMILES string of the molecule is CC(=O)Nc1ccc(NC(=O)CSc2nnc(-c3ccco3)n2Cc2ccccc2)cc1. The predicted octanol–water partition coefficient (Wildman–Crippen LogP) is 4.28. The largest absolute Gasteiger partial charge is 0.461 e. The van der Waals surface area contributed by atoms with Gasteiger partial charge in [-0.2, -0.15) is 0 Å². The number of benzene rings is 2. The van der Waals surface area contributed by atoms with E-state index in [1.165, 1.54) is 18.7 Å². The van der Waals surface area contributed by atoms with Crippen molar-refractivity contribution in [1.82, 2.24) is 14.8 Å². The number of thioether (sulfide) groups is 1. The van der Waals surface area contributed by atoms with E-state index in [1.807, 2.05) is 41.0 Å². The number of rotatable bonds is 8. The van der Waals surface area contributed by atoms with Crippen LogP contribution in [0.1, 0.15) is 12.5 Å². The van der Waals surface area contributed by atoms with Gasteiger partial charge in [-0.05, 0) is 42.0 Å². The monoisotopic (exact) mass is 447 g/mol. The number of aromatic nitrogens is 3. The molecule has 0 fully saturated rings. The molecule has 0 saturated carbocycles. The van der Waals surface area contributed by atoms with Crippen LogP contribution in [-0.2, 0) is 16.1 Å². The Hall–Kier alpha value is -3.85. The first kappa shape index (κ1) is 21.4. The van der Waals surface area contributed by atoms with Crippen molar-refractivity contribution >= 4 is 35.0 Å². The maximum Gasteiger partial charge on any atom is 0.234 e. The molecule has 0 spiro atoms. The van der Waals surface area contributed by atoms with Gasteiger partial charge in [-0.25, -0.2) is 0 Å². The Morgan fingerprint density at radius 3 is 2.31 bits per heavy atom. The summed E-state index contributed by atoms with van der Waals surface area (Å²) >= 11 is 1.30. The summed E-state index contributed by atoms with van der Waals surface area (Å²) < 4.78 is 7.45. The molecule has 4 aromatic rings. The molecule has 0 radical (unpaired) electrons. The van der Waals surface area contributed by atoms with Crippen molar-refractivity contribution in [2.75, 3.05) is 16.4 Å². The average molecular weight is 448 g/mol. The second-order valence-electron chi connectivity index (χ2n) is 6.95. The lowest BCUT2D eigenvalue weighted by atomic mass is 10.2. The summed E-state index contributed by atoms with van der Waals surface area (Å²) in [6, 6.07) is 20.5. The smallest absolute Gasteiger partial charge is 0.234 e. The van der Waals surface area contributed by atoms with Crippen LogP contribution >= 0.6 is 11.8 Å². The number of carbonyl (C=O) groups excluding carboxylic acids is 2. The van der Waals surface area contributed by atoms with Crippen LogP contribution in [0, 0.1) is 0 Å². The van der Waals surface area contributed by atoms with Crippen molar-refractivity contribution < 1.29 is 14.0 Å². The van der Waals surface area contributed by atoms with Crippen LogP contribution in [0.15, 0.2) is 82.6 Å². The number of amides is 2. The maximum atomic E-state index is 12.5. The van der Waals surface area contributed by atoms with E-state index in [-0.39, 0.29) is 17.6 Å². The third-order valence-corrected chi connectivity index (χ3v) is 5.43. The Balaban J connectivity index is 1.44. The Labute approximate surface area is 189 Å². The molecule has 0 bridgehead atoms. The topological polar surface area (TPSA) is 102 Å². The molecule has 9 heteroatoms. The van der Waals surface area contributed by atoms with Crippen molar-refractivity contribution in [1.29, 1.82) is 0 Å². The molecule has 2 aromatic carbocycles. The summed E-state index contributed by atoms with van der Waals surface area (Å²) in [5.74, 6) is 1.07. The van der Waals surface area contributed by atoms with Crippen LogP contribution < -0.4 is 10.6 Å². The lowest BCUT2D eigenvalue weighted by Crippen LogP contribution is -2.15. The standard InChI is InChI=1S/C23H21N5O3S/c1-16(29)24-18-9-11-19(12-10-18)25-21(30)15-32-23-27-26-22(20-8-5-13-31-20)28(23)14-17-6-3-2-4-7-17/h2-13H,14-15H2,1H3,(H,24,29)(H,25,30). The first-order valence-corrected chi connectivity index (χ1v) is 10.9. The predicted molar refractivity (Wildman–Crippen MR) is 123 cm³/mol. The molecule has 2 N–H and O–H groups in total. The molecule has 4 rings (SSSR count). The van der Waals surface area contributed by atoms with Gasteiger partial charge in [0.05, 0.1) is 18.6 Å². The number of furan rings is 1. The van der Waals surface area contributed by atoms with E-state index in [1.54, 1.807) is 36.6 Å². The van der Waals surface area contributed by atoms with Crippen LogP contribution in [0.3, 0.4) is 0 Å². The highest BCUT2D eigenvalue weighted by Crippen LogP contribution is 2.26. The Morgan fingerprint density at radius 1 is 0.938 bits per heavy atom. The van der Waals surface area contributed by atoms with Gasteiger partial charge in [-0.1, -0.05) is 42.1 Å². The van der Waals surface area contributed by atoms with Crippen molar-refractivity contribution in [3.8, 4) is 11.6 Å². The number of anilines is 2. The fourth-order valence-electron chi connectivity index (χ4n) is 3.06. The molecule has 0 saturated heterocycles. The molecule has 0 unspecified atom stereocenters. The minimum absolute atomic E-state index is 0.147. The molecule has 8 nitrogen and oxygen atoms in total. The number of hydrogen-bond donors (Lipinski definition) is 2. The fraction of sp³-hybridized carbons (Fsp3) is 0.130. The van der Waals surface area contributed by atoms with Crippen molar-refractivity contribution in [2.24, 2.45) is 0 Å². The van der Waals surface area contributed by atoms with Gasteiger partial charge in [0, 0.05) is 18.3 Å². The van der Waals surface area contributed by atoms with Gasteiger partial charge in [-0.15, -0.1) is 10.2 Å². The number of hydrogen-bond acceptors (Lipinski definition) is 6. The van der Waals surface area contributed by atoms with Crippen molar-refractivity contribution in [3.05, 3.63) is 78.6 Å². The van der Waals surface area contributed by atoms with E-state index in [4.69, 9.17) is 4.42 Å². The highest BCUT2D eigenvalue weighted by atomic mass is 32.2. The van der Waals surface area contributed by atoms with Crippen LogP contribution in [0.5, 0.6) is 0 Å². The fourth-order valence-corrected chi connectivity index (χ4v) is 3.80. The van der Waals surface area contributed by atoms with Crippen LogP contribution in [0.2, 0.25) is 0 Å². The van der Waals surface area contributed by atoms with Gasteiger partial charge in [0.1, 0.15) is 0 Å². The van der Waals surface area contributed by atoms with Gasteiger partial charge >= 0.3 is 0 Å². The highest BCUT2D eigenvalue weighted by molar-refractivity contribution is 7.99. The Morgan fingerprint density at radius 2 is 1.66 bits per heavy atom. The van der Waals surface area contributed by atoms with Gasteiger partial charge in [0.15, 0.2) is 10.9 Å². The molecular weight excluding hydrogens is 426 g/mol. The van der Waals surface area contributed by atoms with E-state index in [0.717, 1.165) is 5.56 Å². The lowest BCUT2D eigenvalue weighted by Gasteiger charge is -2.10. The third kappa shape index (κ3) is 5.44. The molecule has 2 heterocycles. The third-order valence-electron chi connectivity index (χ3n) is 4.46. The number of nitrogens with one attached hydrogen (secondary N) is 2. The van der Waals surface area contributed by atoms with Crippen molar-refractivity contribution in [3.63, 3.8) is 0 Å². The molecule has 162 valence electrons. The summed E-state index contributed by atoms with van der Waals surface area (Å²) in [7, 11) is 0. The Bertz CT molecular complexity index is 1190. The summed E-state index contributed by atoms with van der Waals surface area (Å²) in [6.07, 6.45) is 1.59. The van der Waals surface area contributed by atoms with Gasteiger partial charge in [0.25, 0.3) is 0 Å². The first-order chi connectivity index (χ1) is 15.6. The molecule has 0 atom stereocenters. The quantitative estimate of drug-likeness (QED) is 0.391. The zero-order chi connectivity index (χ0) is 22.3. The van der Waals surface area contributed by atoms with Gasteiger partial charge in [-0.3, -0.25) is 14.2 Å². The summed E-state index contributed by atoms with van der Waals surface area (Å²) in [5, 5.41) is 14.7. The second kappa shape index (κ2) is 9.97. The van der Waals surface area contributed by atoms with E-state index in [9.17, 15) is 9.59 Å². The molecule has 2 amide bonds. The summed E-state index contributed by atoms with van der Waals surface area (Å²) in [5.41, 5.74) is 2.40.